The number of alkyl halides is 2. The van der Waals surface area contributed by atoms with Gasteiger partial charge in [-0.25, -0.2) is 8.78 Å². The average Bonchev–Trinajstić information content (AvgIpc) is 3.25. The van der Waals surface area contributed by atoms with Crippen molar-refractivity contribution in [1.82, 2.24) is 20.1 Å². The number of aromatic nitrogens is 3. The van der Waals surface area contributed by atoms with Crippen LogP contribution in [0.4, 0.5) is 14.6 Å². The lowest BCUT2D eigenvalue weighted by molar-refractivity contribution is 0.151. The molecule has 0 saturated heterocycles. The summed E-state index contributed by atoms with van der Waals surface area (Å²) in [6.07, 6.45) is 1.03. The number of nitrogens with one attached hydrogen (secondary N) is 2. The quantitative estimate of drug-likeness (QED) is 0.690. The van der Waals surface area contributed by atoms with Gasteiger partial charge in [-0.15, -0.1) is 5.10 Å². The minimum Gasteiger partial charge on any atom is -0.361 e. The van der Waals surface area contributed by atoms with E-state index in [0.29, 0.717) is 29.0 Å². The summed E-state index contributed by atoms with van der Waals surface area (Å²) in [5, 5.41) is 15.4. The van der Waals surface area contributed by atoms with Gasteiger partial charge >= 0.3 is 0 Å². The van der Waals surface area contributed by atoms with Crippen LogP contribution in [0.25, 0.3) is 16.5 Å². The van der Waals surface area contributed by atoms with Gasteiger partial charge in [-0.1, -0.05) is 24.3 Å². The highest BCUT2D eigenvalue weighted by atomic mass is 19.3. The number of halogens is 2. The standard InChI is InChI=1S/C21H21F2N5O/c1-12(13-4-3-5-14(8-13)19(22)23)26-20-17-9-16(15-6-7-24-10-15)21(29)28(2)18(17)11-25-27-20/h3-6,8-9,11-12,19,24H,7,10H2,1-2H3,(H,26,27)/t12-/m1/s1. The molecule has 3 aromatic rings. The molecule has 150 valence electrons. The van der Waals surface area contributed by atoms with Gasteiger partial charge in [0, 0.05) is 36.7 Å². The van der Waals surface area contributed by atoms with Gasteiger partial charge in [0.05, 0.1) is 17.8 Å². The van der Waals surface area contributed by atoms with Crippen molar-refractivity contribution in [3.8, 4) is 0 Å². The smallest absolute Gasteiger partial charge is 0.263 e. The Morgan fingerprint density at radius 2 is 2.03 bits per heavy atom. The van der Waals surface area contributed by atoms with Gasteiger partial charge in [-0.3, -0.25) is 4.79 Å². The minimum absolute atomic E-state index is 0.0227. The molecule has 1 aromatic carbocycles. The average molecular weight is 397 g/mol. The van der Waals surface area contributed by atoms with Gasteiger partial charge in [0.2, 0.25) is 0 Å². The monoisotopic (exact) mass is 397 g/mol. The van der Waals surface area contributed by atoms with Gasteiger partial charge in [-0.05, 0) is 30.2 Å². The maximum absolute atomic E-state index is 13.0. The van der Waals surface area contributed by atoms with Crippen LogP contribution in [0.5, 0.6) is 0 Å². The first-order chi connectivity index (χ1) is 14.0. The second-order valence-electron chi connectivity index (χ2n) is 7.11. The molecule has 0 amide bonds. The van der Waals surface area contributed by atoms with E-state index in [-0.39, 0.29) is 17.2 Å². The predicted octanol–water partition coefficient (Wildman–Crippen LogP) is 3.43. The lowest BCUT2D eigenvalue weighted by Gasteiger charge is -2.18. The van der Waals surface area contributed by atoms with Crippen molar-refractivity contribution in [1.29, 1.82) is 0 Å². The molecule has 0 saturated carbocycles. The fraction of sp³-hybridized carbons (Fsp3) is 0.286. The van der Waals surface area contributed by atoms with E-state index in [1.807, 2.05) is 19.1 Å². The van der Waals surface area contributed by atoms with Crippen molar-refractivity contribution in [2.75, 3.05) is 18.4 Å². The van der Waals surface area contributed by atoms with Crippen LogP contribution in [0, 0.1) is 0 Å². The topological polar surface area (TPSA) is 71.8 Å². The molecule has 0 radical (unpaired) electrons. The molecule has 0 unspecified atom stereocenters. The molecule has 2 N–H and O–H groups in total. The van der Waals surface area contributed by atoms with Gasteiger partial charge < -0.3 is 15.2 Å². The van der Waals surface area contributed by atoms with Crippen LogP contribution in [-0.2, 0) is 7.05 Å². The van der Waals surface area contributed by atoms with Crippen molar-refractivity contribution in [2.24, 2.45) is 7.05 Å². The summed E-state index contributed by atoms with van der Waals surface area (Å²) >= 11 is 0. The van der Waals surface area contributed by atoms with E-state index in [1.165, 1.54) is 12.1 Å². The van der Waals surface area contributed by atoms with E-state index >= 15 is 0 Å². The Morgan fingerprint density at radius 3 is 2.76 bits per heavy atom. The van der Waals surface area contributed by atoms with Crippen LogP contribution < -0.4 is 16.2 Å². The van der Waals surface area contributed by atoms with Crippen molar-refractivity contribution in [3.63, 3.8) is 0 Å². The summed E-state index contributed by atoms with van der Waals surface area (Å²) in [5.74, 6) is 0.501. The second kappa shape index (κ2) is 7.71. The second-order valence-corrected chi connectivity index (χ2v) is 7.11. The van der Waals surface area contributed by atoms with E-state index in [0.717, 1.165) is 17.5 Å². The molecule has 4 rings (SSSR count). The third-order valence-electron chi connectivity index (χ3n) is 5.22. The Morgan fingerprint density at radius 1 is 1.24 bits per heavy atom. The van der Waals surface area contributed by atoms with E-state index in [4.69, 9.17) is 0 Å². The van der Waals surface area contributed by atoms with Crippen LogP contribution in [0.3, 0.4) is 0 Å². The maximum Gasteiger partial charge on any atom is 0.263 e. The Bertz CT molecular complexity index is 1160. The number of anilines is 1. The Labute approximate surface area is 166 Å². The number of fused-ring (bicyclic) bond motifs is 1. The van der Waals surface area contributed by atoms with Crippen LogP contribution in [-0.4, -0.2) is 27.9 Å². The molecule has 0 fully saturated rings. The van der Waals surface area contributed by atoms with Crippen molar-refractivity contribution < 1.29 is 8.78 Å². The highest BCUT2D eigenvalue weighted by Crippen LogP contribution is 2.28. The summed E-state index contributed by atoms with van der Waals surface area (Å²) in [6, 6.07) is 7.85. The number of rotatable bonds is 5. The molecule has 0 spiro atoms. The third kappa shape index (κ3) is 3.63. The number of benzene rings is 1. The van der Waals surface area contributed by atoms with Crippen molar-refractivity contribution in [2.45, 2.75) is 19.4 Å². The molecule has 1 aliphatic heterocycles. The SMILES string of the molecule is C[C@@H](Nc1nncc2c1cc(C1=CCNC1)c(=O)n2C)c1cccc(C(F)F)c1. The summed E-state index contributed by atoms with van der Waals surface area (Å²) in [6.45, 7) is 3.24. The lowest BCUT2D eigenvalue weighted by Crippen LogP contribution is -2.23. The van der Waals surface area contributed by atoms with Crippen LogP contribution in [0.1, 0.15) is 36.1 Å². The first kappa shape index (κ1) is 19.2. The van der Waals surface area contributed by atoms with E-state index in [2.05, 4.69) is 20.8 Å². The zero-order chi connectivity index (χ0) is 20.5. The largest absolute Gasteiger partial charge is 0.361 e. The molecule has 1 atom stereocenters. The number of aryl methyl sites for hydroxylation is 1. The fourth-order valence-electron chi connectivity index (χ4n) is 3.56. The molecule has 0 bridgehead atoms. The van der Waals surface area contributed by atoms with Crippen LogP contribution in [0.15, 0.2) is 47.4 Å². The van der Waals surface area contributed by atoms with Gasteiger partial charge in [0.25, 0.3) is 12.0 Å². The zero-order valence-corrected chi connectivity index (χ0v) is 16.1. The molecule has 0 aliphatic carbocycles. The molecular formula is C21H21F2N5O. The van der Waals surface area contributed by atoms with E-state index in [9.17, 15) is 13.6 Å². The Balaban J connectivity index is 1.76. The molecule has 3 heterocycles. The normalized spacial score (nSPS) is 15.0. The first-order valence-corrected chi connectivity index (χ1v) is 9.36. The Hall–Kier alpha value is -3.13. The zero-order valence-electron chi connectivity index (χ0n) is 16.1. The van der Waals surface area contributed by atoms with Crippen LogP contribution in [0.2, 0.25) is 0 Å². The minimum atomic E-state index is -2.52. The molecule has 29 heavy (non-hydrogen) atoms. The number of hydrogen-bond donors (Lipinski definition) is 2. The van der Waals surface area contributed by atoms with Crippen molar-refractivity contribution in [3.05, 3.63) is 69.6 Å². The maximum atomic E-state index is 13.0. The van der Waals surface area contributed by atoms with Crippen LogP contribution >= 0.6 is 0 Å². The highest BCUT2D eigenvalue weighted by Gasteiger charge is 2.18. The van der Waals surface area contributed by atoms with Gasteiger partial charge in [0.1, 0.15) is 0 Å². The fourth-order valence-corrected chi connectivity index (χ4v) is 3.56. The predicted molar refractivity (Wildman–Crippen MR) is 109 cm³/mol. The van der Waals surface area contributed by atoms with Crippen molar-refractivity contribution >= 4 is 22.3 Å². The Kier molecular flexibility index (Phi) is 5.10. The summed E-state index contributed by atoms with van der Waals surface area (Å²) in [7, 11) is 1.71. The van der Waals surface area contributed by atoms with Gasteiger partial charge in [-0.2, -0.15) is 5.10 Å². The third-order valence-corrected chi connectivity index (χ3v) is 5.22. The molecule has 1 aliphatic rings. The molecule has 8 heteroatoms. The summed E-state index contributed by atoms with van der Waals surface area (Å²) < 4.78 is 27.6. The number of hydrogen-bond acceptors (Lipinski definition) is 5. The summed E-state index contributed by atoms with van der Waals surface area (Å²) in [4.78, 5) is 12.8. The number of pyridine rings is 1. The lowest BCUT2D eigenvalue weighted by atomic mass is 10.0. The molecule has 6 nitrogen and oxygen atoms in total. The van der Waals surface area contributed by atoms with Gasteiger partial charge in [0.15, 0.2) is 5.82 Å². The molecule has 2 aromatic heterocycles. The van der Waals surface area contributed by atoms with E-state index in [1.54, 1.807) is 29.9 Å². The highest BCUT2D eigenvalue weighted by molar-refractivity contribution is 5.91. The molecular weight excluding hydrogens is 376 g/mol. The summed E-state index contributed by atoms with van der Waals surface area (Å²) in [5.41, 5.74) is 2.82. The first-order valence-electron chi connectivity index (χ1n) is 9.36. The number of nitrogens with zero attached hydrogens (tertiary/aromatic N) is 3. The van der Waals surface area contributed by atoms with E-state index < -0.39 is 6.43 Å².